The molecule has 0 fully saturated rings. The van der Waals surface area contributed by atoms with Crippen LogP contribution in [0.3, 0.4) is 0 Å². The molecular weight excluding hydrogens is 346 g/mol. The summed E-state index contributed by atoms with van der Waals surface area (Å²) in [5, 5.41) is 0.00328. The van der Waals surface area contributed by atoms with Gasteiger partial charge in [0.2, 0.25) is 5.90 Å². The van der Waals surface area contributed by atoms with Gasteiger partial charge in [-0.1, -0.05) is 52.5 Å². The van der Waals surface area contributed by atoms with Gasteiger partial charge < -0.3 is 4.74 Å². The van der Waals surface area contributed by atoms with Gasteiger partial charge in [0.15, 0.2) is 6.10 Å². The number of hydrogen-bond acceptors (Lipinski definition) is 3. The molecule has 0 N–H and O–H groups in total. The van der Waals surface area contributed by atoms with Gasteiger partial charge in [0.05, 0.1) is 0 Å². The SMILES string of the molecule is C=C[C@@H]1OC(c2ccc(Br)cc2)=N[C@H]1Sc1ccccc1. The Morgan fingerprint density at radius 2 is 1.81 bits per heavy atom. The fourth-order valence-corrected chi connectivity index (χ4v) is 3.34. The third kappa shape index (κ3) is 3.39. The van der Waals surface area contributed by atoms with Gasteiger partial charge in [-0.25, -0.2) is 4.99 Å². The van der Waals surface area contributed by atoms with Gasteiger partial charge in [0, 0.05) is 14.9 Å². The normalized spacial score (nSPS) is 20.7. The number of thioether (sulfide) groups is 1. The molecule has 1 heterocycles. The first-order valence-electron chi connectivity index (χ1n) is 6.61. The largest absolute Gasteiger partial charge is 0.467 e. The monoisotopic (exact) mass is 359 g/mol. The number of nitrogens with zero attached hydrogens (tertiary/aromatic N) is 1. The maximum absolute atomic E-state index is 5.92. The Bertz CT molecular complexity index is 654. The summed E-state index contributed by atoms with van der Waals surface area (Å²) in [6.45, 7) is 3.86. The predicted octanol–water partition coefficient (Wildman–Crippen LogP) is 4.90. The van der Waals surface area contributed by atoms with Crippen molar-refractivity contribution in [1.82, 2.24) is 0 Å². The summed E-state index contributed by atoms with van der Waals surface area (Å²) in [5.41, 5.74) is 0.987. The van der Waals surface area contributed by atoms with E-state index in [9.17, 15) is 0 Å². The van der Waals surface area contributed by atoms with E-state index >= 15 is 0 Å². The van der Waals surface area contributed by atoms with E-state index in [0.717, 1.165) is 10.0 Å². The second-order valence-corrected chi connectivity index (χ2v) is 6.69. The topological polar surface area (TPSA) is 21.6 Å². The summed E-state index contributed by atoms with van der Waals surface area (Å²) in [6, 6.07) is 18.2. The van der Waals surface area contributed by atoms with Crippen LogP contribution in [0.1, 0.15) is 5.56 Å². The molecule has 0 spiro atoms. The molecule has 0 radical (unpaired) electrons. The molecule has 2 aromatic rings. The van der Waals surface area contributed by atoms with E-state index in [-0.39, 0.29) is 11.5 Å². The summed E-state index contributed by atoms with van der Waals surface area (Å²) in [7, 11) is 0. The smallest absolute Gasteiger partial charge is 0.218 e. The number of aliphatic imine (C=N–C) groups is 1. The van der Waals surface area contributed by atoms with Crippen LogP contribution in [0.5, 0.6) is 0 Å². The maximum Gasteiger partial charge on any atom is 0.218 e. The minimum atomic E-state index is -0.103. The molecule has 0 aliphatic carbocycles. The lowest BCUT2D eigenvalue weighted by Gasteiger charge is -2.13. The van der Waals surface area contributed by atoms with Crippen molar-refractivity contribution < 1.29 is 4.74 Å². The van der Waals surface area contributed by atoms with Gasteiger partial charge in [-0.3, -0.25) is 0 Å². The molecule has 0 aromatic heterocycles. The van der Waals surface area contributed by atoms with Gasteiger partial charge in [-0.15, -0.1) is 0 Å². The van der Waals surface area contributed by atoms with Gasteiger partial charge >= 0.3 is 0 Å². The summed E-state index contributed by atoms with van der Waals surface area (Å²) in [5.74, 6) is 0.681. The highest BCUT2D eigenvalue weighted by Gasteiger charge is 2.30. The van der Waals surface area contributed by atoms with Crippen molar-refractivity contribution >= 4 is 33.6 Å². The van der Waals surface area contributed by atoms with Crippen molar-refractivity contribution in [2.24, 2.45) is 4.99 Å². The summed E-state index contributed by atoms with van der Waals surface area (Å²) >= 11 is 5.13. The lowest BCUT2D eigenvalue weighted by atomic mass is 10.2. The lowest BCUT2D eigenvalue weighted by Crippen LogP contribution is -2.16. The molecule has 0 saturated heterocycles. The van der Waals surface area contributed by atoms with E-state index in [1.54, 1.807) is 11.8 Å². The van der Waals surface area contributed by atoms with Crippen LogP contribution in [0.4, 0.5) is 0 Å². The number of rotatable bonds is 4. The molecule has 2 atom stereocenters. The Morgan fingerprint density at radius 3 is 2.48 bits per heavy atom. The highest BCUT2D eigenvalue weighted by molar-refractivity contribution is 9.10. The zero-order valence-electron chi connectivity index (χ0n) is 11.3. The fraction of sp³-hybridized carbons (Fsp3) is 0.118. The van der Waals surface area contributed by atoms with Gasteiger partial charge in [0.1, 0.15) is 5.37 Å². The number of halogens is 1. The average Bonchev–Trinajstić information content (AvgIpc) is 2.92. The van der Waals surface area contributed by atoms with E-state index in [1.165, 1.54) is 4.90 Å². The molecule has 0 amide bonds. The van der Waals surface area contributed by atoms with Crippen LogP contribution < -0.4 is 0 Å². The van der Waals surface area contributed by atoms with Crippen LogP contribution in [-0.2, 0) is 4.74 Å². The number of benzene rings is 2. The second-order valence-electron chi connectivity index (χ2n) is 4.58. The second kappa shape index (κ2) is 6.50. The standard InChI is InChI=1S/C17H14BrNOS/c1-2-15-17(21-14-6-4-3-5-7-14)19-16(20-15)12-8-10-13(18)11-9-12/h2-11,15,17H,1H2/t15-,17-/m0/s1. The quantitative estimate of drug-likeness (QED) is 0.724. The molecule has 3 rings (SSSR count). The van der Waals surface area contributed by atoms with Crippen LogP contribution in [0.2, 0.25) is 0 Å². The van der Waals surface area contributed by atoms with E-state index in [1.807, 2.05) is 48.5 Å². The summed E-state index contributed by atoms with van der Waals surface area (Å²) in [4.78, 5) is 5.89. The molecular formula is C17H14BrNOS. The maximum atomic E-state index is 5.92. The van der Waals surface area contributed by atoms with E-state index in [4.69, 9.17) is 9.73 Å². The zero-order chi connectivity index (χ0) is 14.7. The van der Waals surface area contributed by atoms with Crippen molar-refractivity contribution in [1.29, 1.82) is 0 Å². The highest BCUT2D eigenvalue weighted by atomic mass is 79.9. The van der Waals surface area contributed by atoms with Crippen molar-refractivity contribution in [3.8, 4) is 0 Å². The molecule has 2 nitrogen and oxygen atoms in total. The Balaban J connectivity index is 1.82. The predicted molar refractivity (Wildman–Crippen MR) is 91.8 cm³/mol. The van der Waals surface area contributed by atoms with Crippen molar-refractivity contribution in [3.05, 3.63) is 77.3 Å². The molecule has 4 heteroatoms. The Morgan fingerprint density at radius 1 is 1.10 bits per heavy atom. The Hall–Kier alpha value is -1.52. The van der Waals surface area contributed by atoms with Crippen LogP contribution in [-0.4, -0.2) is 17.4 Å². The zero-order valence-corrected chi connectivity index (χ0v) is 13.7. The van der Waals surface area contributed by atoms with E-state index in [2.05, 4.69) is 34.6 Å². The molecule has 1 aliphatic rings. The Labute approximate surface area is 137 Å². The van der Waals surface area contributed by atoms with E-state index < -0.39 is 0 Å². The lowest BCUT2D eigenvalue weighted by molar-refractivity contribution is 0.267. The first-order valence-corrected chi connectivity index (χ1v) is 8.28. The van der Waals surface area contributed by atoms with Gasteiger partial charge in [-0.05, 0) is 42.5 Å². The van der Waals surface area contributed by atoms with Gasteiger partial charge in [0.25, 0.3) is 0 Å². The molecule has 106 valence electrons. The molecule has 1 aliphatic heterocycles. The van der Waals surface area contributed by atoms with Gasteiger partial charge in [-0.2, -0.15) is 0 Å². The molecule has 0 bridgehead atoms. The van der Waals surface area contributed by atoms with Crippen LogP contribution in [0.25, 0.3) is 0 Å². The molecule has 0 unspecified atom stereocenters. The first kappa shape index (κ1) is 14.4. The molecule has 21 heavy (non-hydrogen) atoms. The minimum absolute atomic E-state index is 0.00328. The summed E-state index contributed by atoms with van der Waals surface area (Å²) in [6.07, 6.45) is 1.71. The number of ether oxygens (including phenoxy) is 1. The van der Waals surface area contributed by atoms with Crippen molar-refractivity contribution in [2.45, 2.75) is 16.4 Å². The molecule has 2 aromatic carbocycles. The van der Waals surface area contributed by atoms with Crippen LogP contribution in [0, 0.1) is 0 Å². The average molecular weight is 360 g/mol. The minimum Gasteiger partial charge on any atom is -0.467 e. The summed E-state index contributed by atoms with van der Waals surface area (Å²) < 4.78 is 6.96. The third-order valence-corrected chi connectivity index (χ3v) is 4.78. The van der Waals surface area contributed by atoms with Crippen molar-refractivity contribution in [3.63, 3.8) is 0 Å². The van der Waals surface area contributed by atoms with Crippen molar-refractivity contribution in [2.75, 3.05) is 0 Å². The van der Waals surface area contributed by atoms with Crippen LogP contribution >= 0.6 is 27.7 Å². The first-order chi connectivity index (χ1) is 10.3. The van der Waals surface area contributed by atoms with Crippen LogP contribution in [0.15, 0.2) is 81.6 Å². The highest BCUT2D eigenvalue weighted by Crippen LogP contribution is 2.32. The molecule has 0 saturated carbocycles. The number of hydrogen-bond donors (Lipinski definition) is 0. The van der Waals surface area contributed by atoms with E-state index in [0.29, 0.717) is 5.90 Å². The Kier molecular flexibility index (Phi) is 4.46. The third-order valence-electron chi connectivity index (χ3n) is 3.10. The fourth-order valence-electron chi connectivity index (χ4n) is 2.04.